The van der Waals surface area contributed by atoms with Crippen molar-refractivity contribution >= 4 is 17.5 Å². The monoisotopic (exact) mass is 409 g/mol. The number of rotatable bonds is 5. The Bertz CT molecular complexity index is 1120. The number of amides is 1. The molecular weight excluding hydrogens is 389 g/mol. The third-order valence-electron chi connectivity index (χ3n) is 4.88. The van der Waals surface area contributed by atoms with Crippen LogP contribution in [0, 0.1) is 5.82 Å². The van der Waals surface area contributed by atoms with Gasteiger partial charge < -0.3 is 20.1 Å². The van der Waals surface area contributed by atoms with Crippen LogP contribution in [-0.2, 0) is 4.79 Å². The fourth-order valence-corrected chi connectivity index (χ4v) is 3.43. The molecular formula is C21H20FN5O3. The first-order chi connectivity index (χ1) is 14.5. The normalized spacial score (nSPS) is 15.3. The lowest BCUT2D eigenvalue weighted by Crippen LogP contribution is -2.31. The highest BCUT2D eigenvalue weighted by molar-refractivity contribution is 6.06. The minimum atomic E-state index is -0.575. The second-order valence-corrected chi connectivity index (χ2v) is 6.67. The van der Waals surface area contributed by atoms with E-state index in [1.807, 2.05) is 0 Å². The van der Waals surface area contributed by atoms with Gasteiger partial charge in [-0.25, -0.2) is 9.07 Å². The summed E-state index contributed by atoms with van der Waals surface area (Å²) in [5.41, 5.74) is 2.24. The molecule has 4 rings (SSSR count). The summed E-state index contributed by atoms with van der Waals surface area (Å²) in [6.45, 7) is 1.79. The SMILES string of the molecule is COc1ccc(NC(=O)C2=C(C)Nc3ncnn3[C@@H]2c2ccc(F)cc2)c(OC)c1. The van der Waals surface area contributed by atoms with E-state index in [1.54, 1.807) is 49.0 Å². The van der Waals surface area contributed by atoms with Crippen molar-refractivity contribution in [1.82, 2.24) is 14.8 Å². The Morgan fingerprint density at radius 1 is 1.17 bits per heavy atom. The summed E-state index contributed by atoms with van der Waals surface area (Å²) in [6, 6.07) is 10.5. The van der Waals surface area contributed by atoms with Gasteiger partial charge in [0.1, 0.15) is 29.7 Å². The van der Waals surface area contributed by atoms with Crippen LogP contribution in [-0.4, -0.2) is 34.9 Å². The molecule has 9 heteroatoms. The van der Waals surface area contributed by atoms with Crippen molar-refractivity contribution in [2.45, 2.75) is 13.0 Å². The summed E-state index contributed by atoms with van der Waals surface area (Å²) in [5, 5.41) is 10.3. The molecule has 1 aromatic heterocycles. The van der Waals surface area contributed by atoms with Crippen LogP contribution < -0.4 is 20.1 Å². The van der Waals surface area contributed by atoms with Crippen molar-refractivity contribution in [3.63, 3.8) is 0 Å². The molecule has 0 radical (unpaired) electrons. The van der Waals surface area contributed by atoms with Crippen LogP contribution in [0.15, 0.2) is 60.1 Å². The predicted molar refractivity (Wildman–Crippen MR) is 109 cm³/mol. The highest BCUT2D eigenvalue weighted by atomic mass is 19.1. The van der Waals surface area contributed by atoms with Gasteiger partial charge in [-0.2, -0.15) is 10.1 Å². The number of anilines is 2. The van der Waals surface area contributed by atoms with Crippen LogP contribution in [0.1, 0.15) is 18.5 Å². The summed E-state index contributed by atoms with van der Waals surface area (Å²) in [6.07, 6.45) is 1.40. The first kappa shape index (κ1) is 19.4. The fourth-order valence-electron chi connectivity index (χ4n) is 3.43. The van der Waals surface area contributed by atoms with E-state index in [1.165, 1.54) is 25.6 Å². The Labute approximate surface area is 172 Å². The van der Waals surface area contributed by atoms with Crippen molar-refractivity contribution < 1.29 is 18.7 Å². The number of fused-ring (bicyclic) bond motifs is 1. The summed E-state index contributed by atoms with van der Waals surface area (Å²) in [7, 11) is 3.07. The number of methoxy groups -OCH3 is 2. The lowest BCUT2D eigenvalue weighted by molar-refractivity contribution is -0.113. The minimum absolute atomic E-state index is 0.348. The molecule has 0 aliphatic carbocycles. The van der Waals surface area contributed by atoms with E-state index in [9.17, 15) is 9.18 Å². The molecule has 1 atom stereocenters. The standard InChI is InChI=1S/C21H20FN5O3/c1-12-18(20(28)26-16-9-8-15(29-2)10-17(16)30-3)19(13-4-6-14(22)7-5-13)27-21(25-12)23-11-24-27/h4-11,19H,1-3H3,(H,26,28)(H,23,24,25)/t19-/m1/s1. The van der Waals surface area contributed by atoms with Gasteiger partial charge in [0.25, 0.3) is 5.91 Å². The van der Waals surface area contributed by atoms with Gasteiger partial charge in [-0.05, 0) is 36.8 Å². The number of carbonyl (C=O) groups is 1. The zero-order valence-electron chi connectivity index (χ0n) is 16.6. The maximum Gasteiger partial charge on any atom is 0.255 e. The minimum Gasteiger partial charge on any atom is -0.497 e. The molecule has 2 aromatic carbocycles. The van der Waals surface area contributed by atoms with E-state index in [0.717, 1.165) is 0 Å². The smallest absolute Gasteiger partial charge is 0.255 e. The van der Waals surface area contributed by atoms with Crippen LogP contribution in [0.25, 0.3) is 0 Å². The van der Waals surface area contributed by atoms with Gasteiger partial charge in [0.15, 0.2) is 0 Å². The Morgan fingerprint density at radius 3 is 2.63 bits per heavy atom. The molecule has 1 aliphatic heterocycles. The van der Waals surface area contributed by atoms with Crippen molar-refractivity contribution in [3.05, 3.63) is 71.4 Å². The number of allylic oxidation sites excluding steroid dienone is 1. The second kappa shape index (κ2) is 7.86. The molecule has 2 heterocycles. The van der Waals surface area contributed by atoms with Gasteiger partial charge in [-0.1, -0.05) is 12.1 Å². The number of hydrogen-bond acceptors (Lipinski definition) is 6. The molecule has 0 saturated carbocycles. The number of nitrogens with one attached hydrogen (secondary N) is 2. The van der Waals surface area contributed by atoms with Crippen LogP contribution in [0.4, 0.5) is 16.0 Å². The van der Waals surface area contributed by atoms with Crippen LogP contribution in [0.3, 0.4) is 0 Å². The number of nitrogens with zero attached hydrogens (tertiary/aromatic N) is 3. The average Bonchev–Trinajstić information content (AvgIpc) is 3.21. The Kier molecular flexibility index (Phi) is 5.09. The molecule has 0 bridgehead atoms. The van der Waals surface area contributed by atoms with Gasteiger partial charge >= 0.3 is 0 Å². The molecule has 2 N–H and O–H groups in total. The van der Waals surface area contributed by atoms with Gasteiger partial charge in [0.05, 0.1) is 25.5 Å². The van der Waals surface area contributed by atoms with Gasteiger partial charge in [-0.15, -0.1) is 0 Å². The van der Waals surface area contributed by atoms with Crippen LogP contribution in [0.5, 0.6) is 11.5 Å². The second-order valence-electron chi connectivity index (χ2n) is 6.67. The van der Waals surface area contributed by atoms with Crippen molar-refractivity contribution in [2.24, 2.45) is 0 Å². The highest BCUT2D eigenvalue weighted by Gasteiger charge is 2.33. The maximum atomic E-state index is 13.5. The molecule has 30 heavy (non-hydrogen) atoms. The molecule has 0 spiro atoms. The van der Waals surface area contributed by atoms with Gasteiger partial charge in [0, 0.05) is 11.8 Å². The van der Waals surface area contributed by atoms with E-state index >= 15 is 0 Å². The molecule has 8 nitrogen and oxygen atoms in total. The number of halogens is 1. The third-order valence-corrected chi connectivity index (χ3v) is 4.88. The summed E-state index contributed by atoms with van der Waals surface area (Å²) in [4.78, 5) is 17.5. The van der Waals surface area contributed by atoms with Gasteiger partial charge in [0.2, 0.25) is 5.95 Å². The number of benzene rings is 2. The quantitative estimate of drug-likeness (QED) is 0.672. The Morgan fingerprint density at radius 2 is 1.93 bits per heavy atom. The average molecular weight is 409 g/mol. The molecule has 3 aromatic rings. The van der Waals surface area contributed by atoms with Crippen molar-refractivity contribution in [3.8, 4) is 11.5 Å². The Balaban J connectivity index is 1.74. The van der Waals surface area contributed by atoms with E-state index in [-0.39, 0.29) is 11.7 Å². The van der Waals surface area contributed by atoms with Crippen LogP contribution in [0.2, 0.25) is 0 Å². The number of ether oxygens (including phenoxy) is 2. The zero-order chi connectivity index (χ0) is 21.3. The van der Waals surface area contributed by atoms with Crippen molar-refractivity contribution in [1.29, 1.82) is 0 Å². The molecule has 154 valence electrons. The van der Waals surface area contributed by atoms with E-state index in [0.29, 0.717) is 40.0 Å². The largest absolute Gasteiger partial charge is 0.497 e. The molecule has 0 unspecified atom stereocenters. The summed E-state index contributed by atoms with van der Waals surface area (Å²) < 4.78 is 25.7. The number of carbonyl (C=O) groups excluding carboxylic acids is 1. The number of aromatic nitrogens is 3. The number of hydrogen-bond donors (Lipinski definition) is 2. The molecule has 1 aliphatic rings. The molecule has 0 fully saturated rings. The highest BCUT2D eigenvalue weighted by Crippen LogP contribution is 2.36. The maximum absolute atomic E-state index is 13.5. The topological polar surface area (TPSA) is 90.3 Å². The Hall–Kier alpha value is -3.88. The van der Waals surface area contributed by atoms with E-state index in [2.05, 4.69) is 20.7 Å². The first-order valence-electron chi connectivity index (χ1n) is 9.18. The molecule has 1 amide bonds. The van der Waals surface area contributed by atoms with Crippen LogP contribution >= 0.6 is 0 Å². The molecule has 0 saturated heterocycles. The van der Waals surface area contributed by atoms with Gasteiger partial charge in [-0.3, -0.25) is 4.79 Å². The summed E-state index contributed by atoms with van der Waals surface area (Å²) in [5.74, 6) is 0.862. The lowest BCUT2D eigenvalue weighted by Gasteiger charge is -2.29. The van der Waals surface area contributed by atoms with E-state index in [4.69, 9.17) is 9.47 Å². The summed E-state index contributed by atoms with van der Waals surface area (Å²) >= 11 is 0. The predicted octanol–water partition coefficient (Wildman–Crippen LogP) is 3.36. The first-order valence-corrected chi connectivity index (χ1v) is 9.18. The fraction of sp³-hybridized carbons (Fsp3) is 0.190. The van der Waals surface area contributed by atoms with Crippen molar-refractivity contribution in [2.75, 3.05) is 24.9 Å². The zero-order valence-corrected chi connectivity index (χ0v) is 16.6. The van der Waals surface area contributed by atoms with E-state index < -0.39 is 6.04 Å². The lowest BCUT2D eigenvalue weighted by atomic mass is 9.95. The third kappa shape index (κ3) is 3.45.